The maximum absolute atomic E-state index is 13.3. The molecule has 0 aromatic heterocycles. The van der Waals surface area contributed by atoms with Crippen molar-refractivity contribution in [1.82, 2.24) is 5.32 Å². The molecule has 0 aliphatic carbocycles. The summed E-state index contributed by atoms with van der Waals surface area (Å²) in [5.74, 6) is -0.878. The van der Waals surface area contributed by atoms with Crippen LogP contribution in [-0.2, 0) is 20.2 Å². The molecule has 2 aromatic carbocycles. The first-order valence-electron chi connectivity index (χ1n) is 10.0. The highest BCUT2D eigenvalue weighted by Gasteiger charge is 2.32. The number of anilines is 1. The Morgan fingerprint density at radius 2 is 1.60 bits per heavy atom. The number of hydrogen-bond acceptors (Lipinski definition) is 3. The fourth-order valence-corrected chi connectivity index (χ4v) is 4.52. The summed E-state index contributed by atoms with van der Waals surface area (Å²) in [5, 5.41) is 2.92. The van der Waals surface area contributed by atoms with Gasteiger partial charge in [0.15, 0.2) is 0 Å². The predicted octanol–water partition coefficient (Wildman–Crippen LogP) is 4.55. The molecule has 7 heteroatoms. The molecule has 0 bridgehead atoms. The minimum absolute atomic E-state index is 0.0312. The molecule has 0 saturated heterocycles. The first-order valence-corrected chi connectivity index (χ1v) is 11.8. The van der Waals surface area contributed by atoms with E-state index in [0.29, 0.717) is 0 Å². The van der Waals surface area contributed by atoms with Crippen LogP contribution >= 0.6 is 0 Å². The topological polar surface area (TPSA) is 66.5 Å². The Morgan fingerprint density at radius 3 is 2.03 bits per heavy atom. The third kappa shape index (κ3) is 5.81. The Bertz CT molecular complexity index is 965. The normalized spacial score (nSPS) is 14.1. The highest BCUT2D eigenvalue weighted by molar-refractivity contribution is 7.92. The van der Waals surface area contributed by atoms with Gasteiger partial charge in [-0.1, -0.05) is 52.0 Å². The van der Waals surface area contributed by atoms with E-state index in [0.717, 1.165) is 16.1 Å². The molecule has 0 aliphatic heterocycles. The van der Waals surface area contributed by atoms with Gasteiger partial charge in [-0.3, -0.25) is 9.10 Å². The van der Waals surface area contributed by atoms with Crippen molar-refractivity contribution in [2.75, 3.05) is 10.6 Å². The number of benzene rings is 2. The minimum atomic E-state index is -3.76. The third-order valence-corrected chi connectivity index (χ3v) is 6.23. The van der Waals surface area contributed by atoms with Crippen LogP contribution in [-0.4, -0.2) is 26.6 Å². The predicted molar refractivity (Wildman–Crippen MR) is 120 cm³/mol. The van der Waals surface area contributed by atoms with Gasteiger partial charge in [-0.25, -0.2) is 12.8 Å². The first-order chi connectivity index (χ1) is 13.8. The average molecular weight is 435 g/mol. The molecule has 0 saturated carbocycles. The number of amides is 1. The summed E-state index contributed by atoms with van der Waals surface area (Å²) in [5.41, 5.74) is 2.40. The molecule has 1 amide bonds. The summed E-state index contributed by atoms with van der Waals surface area (Å²) in [4.78, 5) is 13.0. The van der Waals surface area contributed by atoms with E-state index in [4.69, 9.17) is 0 Å². The van der Waals surface area contributed by atoms with Crippen molar-refractivity contribution in [3.63, 3.8) is 0 Å². The number of hydrogen-bond donors (Lipinski definition) is 1. The molecule has 164 valence electrons. The van der Waals surface area contributed by atoms with Crippen molar-refractivity contribution in [3.05, 3.63) is 65.5 Å². The van der Waals surface area contributed by atoms with Gasteiger partial charge in [0.2, 0.25) is 15.9 Å². The zero-order valence-corrected chi connectivity index (χ0v) is 19.3. The van der Waals surface area contributed by atoms with E-state index in [1.807, 2.05) is 31.2 Å². The first kappa shape index (κ1) is 23.9. The second-order valence-electron chi connectivity index (χ2n) is 8.56. The van der Waals surface area contributed by atoms with Crippen molar-refractivity contribution >= 4 is 21.6 Å². The lowest BCUT2D eigenvalue weighted by Crippen LogP contribution is -2.49. The highest BCUT2D eigenvalue weighted by atomic mass is 32.2. The average Bonchev–Trinajstić information content (AvgIpc) is 2.65. The van der Waals surface area contributed by atoms with Gasteiger partial charge < -0.3 is 5.32 Å². The summed E-state index contributed by atoms with van der Waals surface area (Å²) in [6.07, 6.45) is 1.31. The standard InChI is InChI=1S/C23H31FN2O3S/c1-7-21(26(30(6,28)29)20-14-12-19(24)13-15-20)22(27)25-16(2)17-8-10-18(11-9-17)23(3,4)5/h8-16,21H,7H2,1-6H3,(H,25,27)/t16-,21+/m1/s1. The van der Waals surface area contributed by atoms with Crippen LogP contribution in [0.1, 0.15) is 58.2 Å². The molecular weight excluding hydrogens is 403 g/mol. The Morgan fingerprint density at radius 1 is 1.07 bits per heavy atom. The lowest BCUT2D eigenvalue weighted by atomic mass is 9.86. The van der Waals surface area contributed by atoms with Gasteiger partial charge in [-0.05, 0) is 54.2 Å². The van der Waals surface area contributed by atoms with Crippen molar-refractivity contribution in [1.29, 1.82) is 0 Å². The zero-order chi connectivity index (χ0) is 22.7. The Hall–Kier alpha value is -2.41. The van der Waals surface area contributed by atoms with E-state index in [-0.39, 0.29) is 23.6 Å². The molecule has 0 spiro atoms. The van der Waals surface area contributed by atoms with E-state index in [1.54, 1.807) is 6.92 Å². The van der Waals surface area contributed by atoms with Gasteiger partial charge in [0, 0.05) is 0 Å². The molecule has 0 radical (unpaired) electrons. The van der Waals surface area contributed by atoms with Crippen molar-refractivity contribution in [2.24, 2.45) is 0 Å². The molecule has 0 aliphatic rings. The number of sulfonamides is 1. The third-order valence-electron chi connectivity index (χ3n) is 5.05. The molecule has 0 heterocycles. The molecule has 2 rings (SSSR count). The molecule has 2 atom stereocenters. The summed E-state index contributed by atoms with van der Waals surface area (Å²) >= 11 is 0. The lowest BCUT2D eigenvalue weighted by molar-refractivity contribution is -0.122. The molecular formula is C23H31FN2O3S. The number of carbonyl (C=O) groups is 1. The van der Waals surface area contributed by atoms with Gasteiger partial charge in [0.25, 0.3) is 0 Å². The minimum Gasteiger partial charge on any atom is -0.348 e. The number of rotatable bonds is 7. The van der Waals surface area contributed by atoms with Crippen LogP contribution in [0.15, 0.2) is 48.5 Å². The Labute approximate surface area is 179 Å². The van der Waals surface area contributed by atoms with Crippen LogP contribution in [0.4, 0.5) is 10.1 Å². The number of carbonyl (C=O) groups excluding carboxylic acids is 1. The van der Waals surface area contributed by atoms with Crippen LogP contribution in [0.2, 0.25) is 0 Å². The van der Waals surface area contributed by atoms with Crippen molar-refractivity contribution in [2.45, 2.75) is 58.5 Å². The van der Waals surface area contributed by atoms with E-state index in [1.165, 1.54) is 29.8 Å². The summed E-state index contributed by atoms with van der Waals surface area (Å²) in [6, 6.07) is 11.9. The quantitative estimate of drug-likeness (QED) is 0.695. The molecule has 5 nitrogen and oxygen atoms in total. The smallest absolute Gasteiger partial charge is 0.244 e. The maximum Gasteiger partial charge on any atom is 0.244 e. The lowest BCUT2D eigenvalue weighted by Gasteiger charge is -2.31. The number of nitrogens with zero attached hydrogens (tertiary/aromatic N) is 1. The summed E-state index contributed by atoms with van der Waals surface area (Å²) in [7, 11) is -3.76. The Balaban J connectivity index is 2.26. The fraction of sp³-hybridized carbons (Fsp3) is 0.435. The number of halogens is 1. The molecule has 0 unspecified atom stereocenters. The Kier molecular flexibility index (Phi) is 7.29. The zero-order valence-electron chi connectivity index (χ0n) is 18.4. The van der Waals surface area contributed by atoms with Crippen LogP contribution in [0, 0.1) is 5.82 Å². The van der Waals surface area contributed by atoms with Gasteiger partial charge >= 0.3 is 0 Å². The number of nitrogens with one attached hydrogen (secondary N) is 1. The van der Waals surface area contributed by atoms with Gasteiger partial charge in [0.05, 0.1) is 18.0 Å². The molecule has 30 heavy (non-hydrogen) atoms. The fourth-order valence-electron chi connectivity index (χ4n) is 3.31. The van der Waals surface area contributed by atoms with Crippen LogP contribution in [0.5, 0.6) is 0 Å². The summed E-state index contributed by atoms with van der Waals surface area (Å²) < 4.78 is 39.3. The van der Waals surface area contributed by atoms with E-state index in [2.05, 4.69) is 26.1 Å². The molecule has 2 aromatic rings. The van der Waals surface area contributed by atoms with Crippen LogP contribution < -0.4 is 9.62 Å². The summed E-state index contributed by atoms with van der Waals surface area (Å²) in [6.45, 7) is 10.0. The van der Waals surface area contributed by atoms with Crippen LogP contribution in [0.3, 0.4) is 0 Å². The SMILES string of the molecule is CC[C@@H](C(=O)N[C@H](C)c1ccc(C(C)(C)C)cc1)N(c1ccc(F)cc1)S(C)(=O)=O. The van der Waals surface area contributed by atoms with E-state index < -0.39 is 27.8 Å². The largest absolute Gasteiger partial charge is 0.348 e. The second-order valence-corrected chi connectivity index (χ2v) is 10.4. The van der Waals surface area contributed by atoms with Gasteiger partial charge in [0.1, 0.15) is 11.9 Å². The molecule has 1 N–H and O–H groups in total. The van der Waals surface area contributed by atoms with Crippen molar-refractivity contribution in [3.8, 4) is 0 Å². The van der Waals surface area contributed by atoms with E-state index in [9.17, 15) is 17.6 Å². The van der Waals surface area contributed by atoms with Gasteiger partial charge in [-0.2, -0.15) is 0 Å². The molecule has 0 fully saturated rings. The van der Waals surface area contributed by atoms with Crippen LogP contribution in [0.25, 0.3) is 0 Å². The monoisotopic (exact) mass is 434 g/mol. The van der Waals surface area contributed by atoms with E-state index >= 15 is 0 Å². The van der Waals surface area contributed by atoms with Crippen molar-refractivity contribution < 1.29 is 17.6 Å². The maximum atomic E-state index is 13.3. The van der Waals surface area contributed by atoms with Gasteiger partial charge in [-0.15, -0.1) is 0 Å². The second kappa shape index (κ2) is 9.16. The highest BCUT2D eigenvalue weighted by Crippen LogP contribution is 2.25.